The van der Waals surface area contributed by atoms with Crippen molar-refractivity contribution in [2.45, 2.75) is 38.3 Å². The van der Waals surface area contributed by atoms with E-state index in [0.29, 0.717) is 28.2 Å². The Morgan fingerprint density at radius 2 is 2.11 bits per heavy atom. The summed E-state index contributed by atoms with van der Waals surface area (Å²) in [5, 5.41) is 14.7. The van der Waals surface area contributed by atoms with Gasteiger partial charge in [0.15, 0.2) is 0 Å². The predicted molar refractivity (Wildman–Crippen MR) is 76.2 cm³/mol. The third-order valence-corrected chi connectivity index (χ3v) is 4.39. The molecule has 1 aliphatic carbocycles. The third-order valence-electron chi connectivity index (χ3n) is 3.81. The Balaban J connectivity index is 1.90. The first-order valence-electron chi connectivity index (χ1n) is 6.44. The SMILES string of the molecule is CC(NCC(O)c1cc(Cl)ccc1Cl)C1CCC1. The van der Waals surface area contributed by atoms with Gasteiger partial charge in [-0.15, -0.1) is 0 Å². The van der Waals surface area contributed by atoms with E-state index in [4.69, 9.17) is 23.2 Å². The van der Waals surface area contributed by atoms with Gasteiger partial charge in [-0.2, -0.15) is 0 Å². The van der Waals surface area contributed by atoms with E-state index in [1.807, 2.05) is 0 Å². The molecule has 0 bridgehead atoms. The highest BCUT2D eigenvalue weighted by Crippen LogP contribution is 2.30. The maximum absolute atomic E-state index is 10.1. The lowest BCUT2D eigenvalue weighted by Gasteiger charge is -2.32. The Labute approximate surface area is 118 Å². The van der Waals surface area contributed by atoms with Crippen molar-refractivity contribution in [1.82, 2.24) is 5.32 Å². The summed E-state index contributed by atoms with van der Waals surface area (Å²) in [6, 6.07) is 5.62. The van der Waals surface area contributed by atoms with Crippen molar-refractivity contribution in [3.8, 4) is 0 Å². The van der Waals surface area contributed by atoms with E-state index in [-0.39, 0.29) is 0 Å². The molecule has 2 atom stereocenters. The molecule has 1 fully saturated rings. The summed E-state index contributed by atoms with van der Waals surface area (Å²) in [6.07, 6.45) is 3.31. The van der Waals surface area contributed by atoms with Gasteiger partial charge >= 0.3 is 0 Å². The zero-order chi connectivity index (χ0) is 13.1. The van der Waals surface area contributed by atoms with E-state index in [0.717, 1.165) is 5.92 Å². The molecule has 1 aromatic carbocycles. The summed E-state index contributed by atoms with van der Waals surface area (Å²) in [6.45, 7) is 2.69. The van der Waals surface area contributed by atoms with Gasteiger partial charge in [0, 0.05) is 28.2 Å². The van der Waals surface area contributed by atoms with E-state index >= 15 is 0 Å². The van der Waals surface area contributed by atoms with Crippen molar-refractivity contribution in [3.63, 3.8) is 0 Å². The molecule has 18 heavy (non-hydrogen) atoms. The van der Waals surface area contributed by atoms with Gasteiger partial charge in [0.25, 0.3) is 0 Å². The lowest BCUT2D eigenvalue weighted by molar-refractivity contribution is 0.155. The number of aliphatic hydroxyl groups is 1. The Bertz CT molecular complexity index is 407. The molecule has 0 spiro atoms. The number of rotatable bonds is 5. The quantitative estimate of drug-likeness (QED) is 0.863. The van der Waals surface area contributed by atoms with Crippen LogP contribution in [0.5, 0.6) is 0 Å². The number of halogens is 2. The van der Waals surface area contributed by atoms with Gasteiger partial charge in [0.05, 0.1) is 6.10 Å². The number of aliphatic hydroxyl groups excluding tert-OH is 1. The molecule has 1 aromatic rings. The first-order chi connectivity index (χ1) is 8.58. The van der Waals surface area contributed by atoms with E-state index < -0.39 is 6.10 Å². The van der Waals surface area contributed by atoms with Gasteiger partial charge in [-0.3, -0.25) is 0 Å². The maximum atomic E-state index is 10.1. The van der Waals surface area contributed by atoms with Crippen LogP contribution in [-0.4, -0.2) is 17.7 Å². The largest absolute Gasteiger partial charge is 0.387 e. The molecule has 0 saturated heterocycles. The molecule has 100 valence electrons. The van der Waals surface area contributed by atoms with Crippen molar-refractivity contribution >= 4 is 23.2 Å². The average Bonchev–Trinajstić information content (AvgIpc) is 2.27. The first kappa shape index (κ1) is 14.1. The van der Waals surface area contributed by atoms with Gasteiger partial charge in [-0.05, 0) is 43.9 Å². The third kappa shape index (κ3) is 3.39. The van der Waals surface area contributed by atoms with Crippen molar-refractivity contribution in [1.29, 1.82) is 0 Å². The molecule has 0 aliphatic heterocycles. The van der Waals surface area contributed by atoms with Gasteiger partial charge in [-0.25, -0.2) is 0 Å². The van der Waals surface area contributed by atoms with Crippen LogP contribution < -0.4 is 5.32 Å². The van der Waals surface area contributed by atoms with Gasteiger partial charge in [0.1, 0.15) is 0 Å². The van der Waals surface area contributed by atoms with Crippen LogP contribution in [0.2, 0.25) is 10.0 Å². The number of nitrogens with one attached hydrogen (secondary N) is 1. The average molecular weight is 288 g/mol. The monoisotopic (exact) mass is 287 g/mol. The topological polar surface area (TPSA) is 32.3 Å². The van der Waals surface area contributed by atoms with Crippen LogP contribution >= 0.6 is 23.2 Å². The lowest BCUT2D eigenvalue weighted by atomic mass is 9.80. The van der Waals surface area contributed by atoms with Crippen molar-refractivity contribution in [2.75, 3.05) is 6.54 Å². The second kappa shape index (κ2) is 6.25. The molecule has 2 nitrogen and oxygen atoms in total. The molecule has 2 unspecified atom stereocenters. The van der Waals surface area contributed by atoms with Crippen LogP contribution in [0.4, 0.5) is 0 Å². The van der Waals surface area contributed by atoms with Gasteiger partial charge < -0.3 is 10.4 Å². The number of hydrogen-bond acceptors (Lipinski definition) is 2. The van der Waals surface area contributed by atoms with Crippen LogP contribution in [-0.2, 0) is 0 Å². The van der Waals surface area contributed by atoms with Crippen LogP contribution in [0.1, 0.15) is 37.9 Å². The van der Waals surface area contributed by atoms with E-state index in [9.17, 15) is 5.11 Å². The van der Waals surface area contributed by atoms with Gasteiger partial charge in [0.2, 0.25) is 0 Å². The second-order valence-electron chi connectivity index (χ2n) is 5.07. The molecule has 1 saturated carbocycles. The molecule has 2 N–H and O–H groups in total. The highest BCUT2D eigenvalue weighted by molar-refractivity contribution is 6.33. The fraction of sp³-hybridized carbons (Fsp3) is 0.571. The highest BCUT2D eigenvalue weighted by Gasteiger charge is 2.24. The smallest absolute Gasteiger partial charge is 0.0929 e. The fourth-order valence-corrected chi connectivity index (χ4v) is 2.71. The molecule has 4 heteroatoms. The second-order valence-corrected chi connectivity index (χ2v) is 5.91. The fourth-order valence-electron chi connectivity index (χ4n) is 2.28. The van der Waals surface area contributed by atoms with Crippen molar-refractivity contribution in [3.05, 3.63) is 33.8 Å². The molecule has 0 heterocycles. The van der Waals surface area contributed by atoms with Crippen molar-refractivity contribution < 1.29 is 5.11 Å². The van der Waals surface area contributed by atoms with Crippen LogP contribution in [0.15, 0.2) is 18.2 Å². The van der Waals surface area contributed by atoms with Crippen LogP contribution in [0, 0.1) is 5.92 Å². The van der Waals surface area contributed by atoms with Crippen LogP contribution in [0.3, 0.4) is 0 Å². The zero-order valence-corrected chi connectivity index (χ0v) is 12.0. The van der Waals surface area contributed by atoms with E-state index in [1.54, 1.807) is 18.2 Å². The summed E-state index contributed by atoms with van der Waals surface area (Å²) in [5.41, 5.74) is 0.692. The number of hydrogen-bond donors (Lipinski definition) is 2. The standard InChI is InChI=1S/C14H19Cl2NO/c1-9(10-3-2-4-10)17-8-14(18)12-7-11(15)5-6-13(12)16/h5-7,9-10,14,17-18H,2-4,8H2,1H3. The normalized spacial score (nSPS) is 19.3. The molecule has 2 rings (SSSR count). The molecule has 0 amide bonds. The molecular weight excluding hydrogens is 269 g/mol. The maximum Gasteiger partial charge on any atom is 0.0929 e. The Morgan fingerprint density at radius 1 is 1.39 bits per heavy atom. The number of benzene rings is 1. The highest BCUT2D eigenvalue weighted by atomic mass is 35.5. The van der Waals surface area contributed by atoms with Gasteiger partial charge in [-0.1, -0.05) is 29.6 Å². The molecular formula is C14H19Cl2NO. The van der Waals surface area contributed by atoms with Crippen LogP contribution in [0.25, 0.3) is 0 Å². The Kier molecular flexibility index (Phi) is 4.91. The minimum atomic E-state index is -0.612. The minimum absolute atomic E-state index is 0.450. The Hall–Kier alpha value is -0.280. The first-order valence-corrected chi connectivity index (χ1v) is 7.20. The van der Waals surface area contributed by atoms with E-state index in [2.05, 4.69) is 12.2 Å². The lowest BCUT2D eigenvalue weighted by Crippen LogP contribution is -2.39. The molecule has 1 aliphatic rings. The Morgan fingerprint density at radius 3 is 2.72 bits per heavy atom. The summed E-state index contributed by atoms with van der Waals surface area (Å²) in [4.78, 5) is 0. The van der Waals surface area contributed by atoms with Crippen molar-refractivity contribution in [2.24, 2.45) is 5.92 Å². The minimum Gasteiger partial charge on any atom is -0.387 e. The summed E-state index contributed by atoms with van der Waals surface area (Å²) >= 11 is 12.0. The van der Waals surface area contributed by atoms with E-state index in [1.165, 1.54) is 19.3 Å². The summed E-state index contributed by atoms with van der Waals surface area (Å²) in [5.74, 6) is 0.757. The zero-order valence-electron chi connectivity index (χ0n) is 10.5. The molecule has 0 radical (unpaired) electrons. The summed E-state index contributed by atoms with van der Waals surface area (Å²) in [7, 11) is 0. The predicted octanol–water partition coefficient (Wildman–Crippen LogP) is 3.81. The summed E-state index contributed by atoms with van der Waals surface area (Å²) < 4.78 is 0. The molecule has 0 aromatic heterocycles.